The molecule has 0 saturated heterocycles. The number of methoxy groups -OCH3 is 1. The molecule has 0 saturated carbocycles. The molecule has 0 bridgehead atoms. The van der Waals surface area contributed by atoms with Crippen LogP contribution in [0.5, 0.6) is 0 Å². The number of ether oxygens (including phenoxy) is 1. The number of rotatable bonds is 3. The Kier molecular flexibility index (Phi) is 3.33. The van der Waals surface area contributed by atoms with Gasteiger partial charge in [0, 0.05) is 0 Å². The number of nitriles is 1. The standard InChI is InChI=1S/C19H15NO/c1-21-18-12-13-19(17(18)14-20,15-8-4-2-5-9-15)16-10-6-3-7-11-16/h2-13H,1H3. The molecule has 1 aliphatic rings. The quantitative estimate of drug-likeness (QED) is 0.847. The summed E-state index contributed by atoms with van der Waals surface area (Å²) in [5, 5.41) is 9.70. The van der Waals surface area contributed by atoms with Crippen molar-refractivity contribution >= 4 is 0 Å². The van der Waals surface area contributed by atoms with Gasteiger partial charge in [0.2, 0.25) is 0 Å². The second-order valence-electron chi connectivity index (χ2n) is 4.93. The van der Waals surface area contributed by atoms with Crippen LogP contribution in [-0.2, 0) is 10.2 Å². The Hall–Kier alpha value is -2.79. The van der Waals surface area contributed by atoms with E-state index in [4.69, 9.17) is 4.74 Å². The van der Waals surface area contributed by atoms with Crippen molar-refractivity contribution in [3.05, 3.63) is 95.3 Å². The van der Waals surface area contributed by atoms with Crippen LogP contribution in [-0.4, -0.2) is 7.11 Å². The largest absolute Gasteiger partial charge is 0.496 e. The lowest BCUT2D eigenvalue weighted by Crippen LogP contribution is -2.26. The summed E-state index contributed by atoms with van der Waals surface area (Å²) >= 11 is 0. The maximum Gasteiger partial charge on any atom is 0.133 e. The van der Waals surface area contributed by atoms with Gasteiger partial charge in [-0.1, -0.05) is 66.7 Å². The third kappa shape index (κ3) is 1.95. The molecule has 0 amide bonds. The second kappa shape index (κ2) is 5.30. The van der Waals surface area contributed by atoms with Gasteiger partial charge in [-0.25, -0.2) is 0 Å². The number of hydrogen-bond acceptors (Lipinski definition) is 2. The summed E-state index contributed by atoms with van der Waals surface area (Å²) in [5.41, 5.74) is 2.19. The fourth-order valence-electron chi connectivity index (χ4n) is 2.92. The van der Waals surface area contributed by atoms with Crippen LogP contribution in [0.25, 0.3) is 0 Å². The van der Waals surface area contributed by atoms with E-state index in [0.717, 1.165) is 11.1 Å². The fraction of sp³-hybridized carbons (Fsp3) is 0.105. The van der Waals surface area contributed by atoms with Gasteiger partial charge in [-0.05, 0) is 17.2 Å². The Morgan fingerprint density at radius 1 is 0.905 bits per heavy atom. The first-order chi connectivity index (χ1) is 10.3. The van der Waals surface area contributed by atoms with E-state index < -0.39 is 5.41 Å². The third-order valence-electron chi connectivity index (χ3n) is 3.92. The van der Waals surface area contributed by atoms with Crippen molar-refractivity contribution < 1.29 is 4.74 Å². The van der Waals surface area contributed by atoms with Crippen molar-refractivity contribution in [3.8, 4) is 6.07 Å². The molecule has 0 heterocycles. The number of nitrogens with zero attached hydrogens (tertiary/aromatic N) is 1. The first kappa shape index (κ1) is 13.2. The van der Waals surface area contributed by atoms with Gasteiger partial charge >= 0.3 is 0 Å². The highest BCUT2D eigenvalue weighted by Gasteiger charge is 2.41. The highest BCUT2D eigenvalue weighted by molar-refractivity contribution is 5.63. The highest BCUT2D eigenvalue weighted by atomic mass is 16.5. The summed E-state index contributed by atoms with van der Waals surface area (Å²) in [6, 6.07) is 22.5. The highest BCUT2D eigenvalue weighted by Crippen LogP contribution is 2.45. The molecule has 0 spiro atoms. The van der Waals surface area contributed by atoms with Gasteiger partial charge in [-0.3, -0.25) is 0 Å². The van der Waals surface area contributed by atoms with Crippen molar-refractivity contribution in [2.45, 2.75) is 5.41 Å². The van der Waals surface area contributed by atoms with Crippen LogP contribution in [0.3, 0.4) is 0 Å². The van der Waals surface area contributed by atoms with Gasteiger partial charge in [0.1, 0.15) is 11.8 Å². The minimum atomic E-state index is -0.567. The lowest BCUT2D eigenvalue weighted by molar-refractivity contribution is 0.304. The van der Waals surface area contributed by atoms with Crippen LogP contribution in [0.4, 0.5) is 0 Å². The lowest BCUT2D eigenvalue weighted by Gasteiger charge is -2.29. The van der Waals surface area contributed by atoms with Gasteiger partial charge in [0.15, 0.2) is 0 Å². The number of hydrogen-bond donors (Lipinski definition) is 0. The molecule has 0 N–H and O–H groups in total. The van der Waals surface area contributed by atoms with E-state index in [-0.39, 0.29) is 0 Å². The van der Waals surface area contributed by atoms with Crippen LogP contribution in [0, 0.1) is 11.3 Å². The second-order valence-corrected chi connectivity index (χ2v) is 4.93. The average molecular weight is 273 g/mol. The van der Waals surface area contributed by atoms with Gasteiger partial charge < -0.3 is 4.74 Å². The topological polar surface area (TPSA) is 33.0 Å². The van der Waals surface area contributed by atoms with E-state index in [1.165, 1.54) is 0 Å². The van der Waals surface area contributed by atoms with Crippen LogP contribution in [0.2, 0.25) is 0 Å². The zero-order chi connectivity index (χ0) is 14.7. The Morgan fingerprint density at radius 2 is 1.43 bits per heavy atom. The van der Waals surface area contributed by atoms with E-state index in [1.807, 2.05) is 66.7 Å². The molecule has 1 aliphatic carbocycles. The molecule has 2 aromatic carbocycles. The average Bonchev–Trinajstić information content (AvgIpc) is 2.96. The molecule has 0 radical (unpaired) electrons. The van der Waals surface area contributed by atoms with Crippen molar-refractivity contribution in [1.82, 2.24) is 0 Å². The maximum absolute atomic E-state index is 9.70. The summed E-state index contributed by atoms with van der Waals surface area (Å²) in [6.07, 6.45) is 3.94. The molecule has 3 rings (SSSR count). The molecule has 0 unspecified atom stereocenters. The Balaban J connectivity index is 2.32. The van der Waals surface area contributed by atoms with E-state index in [1.54, 1.807) is 7.11 Å². The molecular formula is C19H15NO. The summed E-state index contributed by atoms with van der Waals surface area (Å²) in [4.78, 5) is 0. The molecule has 0 aliphatic heterocycles. The van der Waals surface area contributed by atoms with Crippen LogP contribution in [0.1, 0.15) is 11.1 Å². The predicted molar refractivity (Wildman–Crippen MR) is 82.5 cm³/mol. The molecular weight excluding hydrogens is 258 g/mol. The van der Waals surface area contributed by atoms with E-state index in [2.05, 4.69) is 12.1 Å². The Labute approximate surface area is 124 Å². The molecule has 2 heteroatoms. The lowest BCUT2D eigenvalue weighted by atomic mass is 9.71. The summed E-state index contributed by atoms with van der Waals surface area (Å²) < 4.78 is 5.38. The number of benzene rings is 2. The number of allylic oxidation sites excluding steroid dienone is 3. The van der Waals surface area contributed by atoms with Gasteiger partial charge in [0.25, 0.3) is 0 Å². The minimum absolute atomic E-state index is 0.567. The molecule has 0 atom stereocenters. The smallest absolute Gasteiger partial charge is 0.133 e. The Bertz CT molecular complexity index is 697. The van der Waals surface area contributed by atoms with E-state index in [9.17, 15) is 5.26 Å². The van der Waals surface area contributed by atoms with Crippen molar-refractivity contribution in [2.24, 2.45) is 0 Å². The predicted octanol–water partition coefficient (Wildman–Crippen LogP) is 3.97. The first-order valence-electron chi connectivity index (χ1n) is 6.82. The van der Waals surface area contributed by atoms with Crippen LogP contribution >= 0.6 is 0 Å². The van der Waals surface area contributed by atoms with Crippen LogP contribution in [0.15, 0.2) is 84.1 Å². The molecule has 102 valence electrons. The van der Waals surface area contributed by atoms with E-state index in [0.29, 0.717) is 11.3 Å². The zero-order valence-corrected chi connectivity index (χ0v) is 11.8. The van der Waals surface area contributed by atoms with Gasteiger partial charge in [-0.15, -0.1) is 0 Å². The monoisotopic (exact) mass is 273 g/mol. The third-order valence-corrected chi connectivity index (χ3v) is 3.92. The fourth-order valence-corrected chi connectivity index (χ4v) is 2.92. The van der Waals surface area contributed by atoms with Gasteiger partial charge in [-0.2, -0.15) is 5.26 Å². The molecule has 0 aromatic heterocycles. The summed E-state index contributed by atoms with van der Waals surface area (Å²) in [7, 11) is 1.60. The molecule has 2 aromatic rings. The van der Waals surface area contributed by atoms with Crippen molar-refractivity contribution in [2.75, 3.05) is 7.11 Å². The molecule has 21 heavy (non-hydrogen) atoms. The summed E-state index contributed by atoms with van der Waals surface area (Å²) in [6.45, 7) is 0. The maximum atomic E-state index is 9.70. The normalized spacial score (nSPS) is 15.8. The zero-order valence-electron chi connectivity index (χ0n) is 11.8. The Morgan fingerprint density at radius 3 is 1.86 bits per heavy atom. The SMILES string of the molecule is COC1=C(C#N)C(c2ccccc2)(c2ccccc2)C=C1. The first-order valence-corrected chi connectivity index (χ1v) is 6.82. The van der Waals surface area contributed by atoms with E-state index >= 15 is 0 Å². The van der Waals surface area contributed by atoms with Gasteiger partial charge in [0.05, 0.1) is 18.1 Å². The molecule has 2 nitrogen and oxygen atoms in total. The van der Waals surface area contributed by atoms with Crippen LogP contribution < -0.4 is 0 Å². The molecule has 0 fully saturated rings. The van der Waals surface area contributed by atoms with Crippen molar-refractivity contribution in [1.29, 1.82) is 5.26 Å². The summed E-state index contributed by atoms with van der Waals surface area (Å²) in [5.74, 6) is 0.630. The minimum Gasteiger partial charge on any atom is -0.496 e. The van der Waals surface area contributed by atoms with Crippen molar-refractivity contribution in [3.63, 3.8) is 0 Å².